The molecule has 118 valence electrons. The molecule has 1 N–H and O–H groups in total. The third-order valence-corrected chi connectivity index (χ3v) is 5.46. The molecule has 2 fully saturated rings. The number of amides is 2. The highest BCUT2D eigenvalue weighted by atomic mass is 35.5. The van der Waals surface area contributed by atoms with Crippen molar-refractivity contribution in [3.8, 4) is 5.75 Å². The monoisotopic (exact) mass is 320 g/mol. The Morgan fingerprint density at radius 1 is 1.32 bits per heavy atom. The van der Waals surface area contributed by atoms with Crippen molar-refractivity contribution in [1.82, 2.24) is 10.2 Å². The number of rotatable bonds is 1. The van der Waals surface area contributed by atoms with Gasteiger partial charge in [0.05, 0.1) is 6.04 Å². The third kappa shape index (κ3) is 2.16. The molecule has 4 nitrogen and oxygen atoms in total. The summed E-state index contributed by atoms with van der Waals surface area (Å²) in [6.07, 6.45) is 6.57. The van der Waals surface area contributed by atoms with Crippen LogP contribution in [-0.4, -0.2) is 22.7 Å². The zero-order chi connectivity index (χ0) is 15.3. The molecule has 0 radical (unpaired) electrons. The minimum atomic E-state index is -0.560. The zero-order valence-corrected chi connectivity index (χ0v) is 13.5. The van der Waals surface area contributed by atoms with Crippen LogP contribution in [0.5, 0.6) is 5.75 Å². The fraction of sp³-hybridized carbons (Fsp3) is 0.588. The van der Waals surface area contributed by atoms with Gasteiger partial charge in [-0.15, -0.1) is 0 Å². The van der Waals surface area contributed by atoms with Crippen LogP contribution in [0.15, 0.2) is 18.2 Å². The molecule has 2 unspecified atom stereocenters. The summed E-state index contributed by atoms with van der Waals surface area (Å²) in [5, 5.41) is 3.83. The lowest BCUT2D eigenvalue weighted by molar-refractivity contribution is -0.106. The van der Waals surface area contributed by atoms with Gasteiger partial charge in [-0.05, 0) is 38.0 Å². The first-order valence-corrected chi connectivity index (χ1v) is 8.53. The molecule has 4 rings (SSSR count). The molecule has 1 aromatic rings. The molecule has 2 bridgehead atoms. The van der Waals surface area contributed by atoms with Crippen LogP contribution in [0.1, 0.15) is 57.1 Å². The van der Waals surface area contributed by atoms with Crippen molar-refractivity contribution in [3.05, 3.63) is 28.8 Å². The highest BCUT2D eigenvalue weighted by Crippen LogP contribution is 2.46. The normalized spacial score (nSPS) is 31.3. The Bertz CT molecular complexity index is 615. The highest BCUT2D eigenvalue weighted by molar-refractivity contribution is 6.30. The van der Waals surface area contributed by atoms with Gasteiger partial charge in [-0.2, -0.15) is 0 Å². The van der Waals surface area contributed by atoms with Gasteiger partial charge in [-0.1, -0.05) is 30.9 Å². The van der Waals surface area contributed by atoms with Crippen LogP contribution in [0.2, 0.25) is 5.02 Å². The van der Waals surface area contributed by atoms with Gasteiger partial charge < -0.3 is 10.1 Å². The van der Waals surface area contributed by atoms with Gasteiger partial charge in [-0.25, -0.2) is 4.79 Å². The van der Waals surface area contributed by atoms with Crippen LogP contribution in [0, 0.1) is 0 Å². The van der Waals surface area contributed by atoms with E-state index < -0.39 is 5.72 Å². The first kappa shape index (κ1) is 14.2. The van der Waals surface area contributed by atoms with Gasteiger partial charge in [0.15, 0.2) is 5.72 Å². The molecular formula is C17H21ClN2O2. The van der Waals surface area contributed by atoms with E-state index in [4.69, 9.17) is 16.3 Å². The SMILES string of the molecule is CC12CC(NC(=O)N1C1CCCCC1)c1cc(Cl)ccc1O2. The molecule has 1 aliphatic carbocycles. The van der Waals surface area contributed by atoms with Crippen molar-refractivity contribution in [1.29, 1.82) is 0 Å². The number of carbonyl (C=O) groups is 1. The zero-order valence-electron chi connectivity index (χ0n) is 12.8. The summed E-state index contributed by atoms with van der Waals surface area (Å²) in [4.78, 5) is 14.7. The second kappa shape index (κ2) is 5.05. The maximum Gasteiger partial charge on any atom is 0.321 e. The molecule has 3 aliphatic rings. The number of hydrogen-bond acceptors (Lipinski definition) is 2. The standard InChI is InChI=1S/C17H21ClN2O2/c1-17-10-14(13-9-11(18)7-8-15(13)22-17)19-16(21)20(17)12-5-3-2-4-6-12/h7-9,12,14H,2-6,10H2,1H3,(H,19,21). The van der Waals surface area contributed by atoms with E-state index in [1.165, 1.54) is 19.3 Å². The van der Waals surface area contributed by atoms with Crippen molar-refractivity contribution < 1.29 is 9.53 Å². The number of carbonyl (C=O) groups excluding carboxylic acids is 1. The van der Waals surface area contributed by atoms with E-state index in [0.29, 0.717) is 5.02 Å². The number of benzene rings is 1. The fourth-order valence-corrected chi connectivity index (χ4v) is 4.43. The summed E-state index contributed by atoms with van der Waals surface area (Å²) in [6.45, 7) is 2.05. The van der Waals surface area contributed by atoms with Crippen molar-refractivity contribution in [2.45, 2.75) is 63.3 Å². The maximum absolute atomic E-state index is 12.7. The van der Waals surface area contributed by atoms with Gasteiger partial charge in [0, 0.05) is 23.0 Å². The van der Waals surface area contributed by atoms with Crippen LogP contribution in [0.4, 0.5) is 4.79 Å². The quantitative estimate of drug-likeness (QED) is 0.841. The lowest BCUT2D eigenvalue weighted by atomic mass is 9.86. The molecule has 1 saturated carbocycles. The molecule has 2 heterocycles. The van der Waals surface area contributed by atoms with E-state index in [1.807, 2.05) is 30.0 Å². The Morgan fingerprint density at radius 3 is 2.86 bits per heavy atom. The highest BCUT2D eigenvalue weighted by Gasteiger charge is 2.51. The van der Waals surface area contributed by atoms with Crippen molar-refractivity contribution >= 4 is 17.6 Å². The molecule has 5 heteroatoms. The van der Waals surface area contributed by atoms with Gasteiger partial charge in [0.2, 0.25) is 0 Å². The van der Waals surface area contributed by atoms with E-state index in [0.717, 1.165) is 30.6 Å². The lowest BCUT2D eigenvalue weighted by Gasteiger charge is -2.54. The Labute approximate surface area is 135 Å². The lowest BCUT2D eigenvalue weighted by Crippen LogP contribution is -2.67. The van der Waals surface area contributed by atoms with Crippen molar-refractivity contribution in [3.63, 3.8) is 0 Å². The van der Waals surface area contributed by atoms with Crippen LogP contribution < -0.4 is 10.1 Å². The topological polar surface area (TPSA) is 41.6 Å². The largest absolute Gasteiger partial charge is 0.468 e. The summed E-state index contributed by atoms with van der Waals surface area (Å²) in [5.41, 5.74) is 0.428. The average Bonchev–Trinajstić information content (AvgIpc) is 2.48. The molecule has 2 amide bonds. The predicted octanol–water partition coefficient (Wildman–Crippen LogP) is 4.24. The minimum Gasteiger partial charge on any atom is -0.468 e. The summed E-state index contributed by atoms with van der Waals surface area (Å²) < 4.78 is 6.29. The predicted molar refractivity (Wildman–Crippen MR) is 85.1 cm³/mol. The van der Waals surface area contributed by atoms with Gasteiger partial charge in [-0.3, -0.25) is 4.90 Å². The number of hydrogen-bond donors (Lipinski definition) is 1. The number of halogens is 1. The molecule has 0 spiro atoms. The smallest absolute Gasteiger partial charge is 0.321 e. The van der Waals surface area contributed by atoms with Crippen molar-refractivity contribution in [2.75, 3.05) is 0 Å². The molecule has 2 atom stereocenters. The number of urea groups is 1. The van der Waals surface area contributed by atoms with E-state index in [2.05, 4.69) is 5.32 Å². The van der Waals surface area contributed by atoms with Crippen LogP contribution in [0.25, 0.3) is 0 Å². The molecule has 22 heavy (non-hydrogen) atoms. The Kier molecular flexibility index (Phi) is 3.26. The second-order valence-corrected chi connectivity index (χ2v) is 7.26. The average molecular weight is 321 g/mol. The van der Waals surface area contributed by atoms with Crippen LogP contribution in [-0.2, 0) is 0 Å². The molecular weight excluding hydrogens is 300 g/mol. The Hall–Kier alpha value is -1.42. The molecule has 1 aromatic carbocycles. The van der Waals surface area contributed by atoms with Gasteiger partial charge in [0.25, 0.3) is 0 Å². The molecule has 1 saturated heterocycles. The second-order valence-electron chi connectivity index (χ2n) is 6.83. The van der Waals surface area contributed by atoms with E-state index in [-0.39, 0.29) is 18.1 Å². The number of ether oxygens (including phenoxy) is 1. The maximum atomic E-state index is 12.7. The number of nitrogens with one attached hydrogen (secondary N) is 1. The summed E-state index contributed by atoms with van der Waals surface area (Å²) in [7, 11) is 0. The van der Waals surface area contributed by atoms with E-state index >= 15 is 0 Å². The van der Waals surface area contributed by atoms with Gasteiger partial charge >= 0.3 is 6.03 Å². The number of nitrogens with zero attached hydrogens (tertiary/aromatic N) is 1. The van der Waals surface area contributed by atoms with Crippen LogP contribution in [0.3, 0.4) is 0 Å². The minimum absolute atomic E-state index is 0.00345. The van der Waals surface area contributed by atoms with E-state index in [1.54, 1.807) is 0 Å². The molecule has 2 aliphatic heterocycles. The first-order valence-electron chi connectivity index (χ1n) is 8.15. The molecule has 0 aromatic heterocycles. The Morgan fingerprint density at radius 2 is 2.09 bits per heavy atom. The van der Waals surface area contributed by atoms with Crippen LogP contribution >= 0.6 is 11.6 Å². The van der Waals surface area contributed by atoms with E-state index in [9.17, 15) is 4.79 Å². The first-order chi connectivity index (χ1) is 10.6. The summed E-state index contributed by atoms with van der Waals surface area (Å²) in [5.74, 6) is 0.837. The van der Waals surface area contributed by atoms with Gasteiger partial charge in [0.1, 0.15) is 5.75 Å². The van der Waals surface area contributed by atoms with Crippen molar-refractivity contribution in [2.24, 2.45) is 0 Å². The summed E-state index contributed by atoms with van der Waals surface area (Å²) >= 11 is 6.10. The fourth-order valence-electron chi connectivity index (χ4n) is 4.25. The number of fused-ring (bicyclic) bond motifs is 4. The summed E-state index contributed by atoms with van der Waals surface area (Å²) in [6, 6.07) is 5.93. The Balaban J connectivity index is 1.71. The third-order valence-electron chi connectivity index (χ3n) is 5.23.